The molecule has 21 heavy (non-hydrogen) atoms. The van der Waals surface area contributed by atoms with E-state index in [1.807, 2.05) is 0 Å². The van der Waals surface area contributed by atoms with Crippen molar-refractivity contribution in [2.75, 3.05) is 0 Å². The molecule has 5 aliphatic rings. The van der Waals surface area contributed by atoms with Crippen LogP contribution in [0.4, 0.5) is 0 Å². The first-order valence-corrected chi connectivity index (χ1v) is 12.0. The topological polar surface area (TPSA) is 0 Å². The zero-order valence-electron chi connectivity index (χ0n) is 13.7. The van der Waals surface area contributed by atoms with Gasteiger partial charge in [-0.3, -0.25) is 0 Å². The average molecular weight is 324 g/mol. The zero-order chi connectivity index (χ0) is 14.1. The average Bonchev–Trinajstić information content (AvgIpc) is 2.59. The second-order valence-corrected chi connectivity index (χ2v) is 13.0. The summed E-state index contributed by atoms with van der Waals surface area (Å²) in [4.78, 5) is 0.856. The van der Waals surface area contributed by atoms with Crippen LogP contribution in [0.15, 0.2) is 0 Å². The molecule has 0 amide bonds. The summed E-state index contributed by atoms with van der Waals surface area (Å²) in [7, 11) is 2.71. The monoisotopic (exact) mass is 324 g/mol. The predicted octanol–water partition coefficient (Wildman–Crippen LogP) is 6.53. The summed E-state index contributed by atoms with van der Waals surface area (Å²) in [5.74, 6) is 2.25. The lowest BCUT2D eigenvalue weighted by molar-refractivity contribution is 0.324. The van der Waals surface area contributed by atoms with Gasteiger partial charge in [0.15, 0.2) is 0 Å². The minimum atomic E-state index is 0.856. The van der Waals surface area contributed by atoms with Crippen molar-refractivity contribution in [3.05, 3.63) is 0 Å². The van der Waals surface area contributed by atoms with Gasteiger partial charge in [0, 0.05) is 4.90 Å². The Morgan fingerprint density at radius 1 is 0.571 bits per heavy atom. The Kier molecular flexibility index (Phi) is 4.96. The van der Waals surface area contributed by atoms with Crippen LogP contribution in [0.3, 0.4) is 0 Å². The van der Waals surface area contributed by atoms with Gasteiger partial charge in [-0.25, -0.2) is 0 Å². The van der Waals surface area contributed by atoms with Crippen LogP contribution in [-0.4, -0.2) is 16.2 Å². The molecule has 0 N–H and O–H groups in total. The third kappa shape index (κ3) is 3.38. The molecule has 4 heterocycles. The van der Waals surface area contributed by atoms with Crippen molar-refractivity contribution in [1.82, 2.24) is 0 Å². The fraction of sp³-hybridized carbons (Fsp3) is 1.00. The molecule has 0 nitrogen and oxygen atoms in total. The van der Waals surface area contributed by atoms with Gasteiger partial charge in [0.05, 0.1) is 0 Å². The second kappa shape index (κ2) is 6.77. The quantitative estimate of drug-likeness (QED) is 0.445. The van der Waals surface area contributed by atoms with E-state index in [-0.39, 0.29) is 0 Å². The molecule has 0 aromatic carbocycles. The van der Waals surface area contributed by atoms with Gasteiger partial charge in [-0.05, 0) is 74.5 Å². The standard InChI is InChI=1S/C19H34P2/c1-5-15-6-2-10-17(9-1)20-19(14-13-15)16-7-3-11-18(21-19)12-4-8-16/h15-18,20-21H,1-14H2. The molecule has 1 saturated carbocycles. The van der Waals surface area contributed by atoms with Gasteiger partial charge in [0.1, 0.15) is 0 Å². The van der Waals surface area contributed by atoms with Crippen LogP contribution in [0.2, 0.25) is 0 Å². The molecule has 3 atom stereocenters. The Morgan fingerprint density at radius 3 is 1.67 bits per heavy atom. The Bertz CT molecular complexity index is 335. The van der Waals surface area contributed by atoms with Crippen LogP contribution in [0.1, 0.15) is 89.9 Å². The van der Waals surface area contributed by atoms with E-state index in [2.05, 4.69) is 0 Å². The molecule has 0 aromatic rings. The Balaban J connectivity index is 1.63. The normalized spacial score (nSPS) is 50.3. The van der Waals surface area contributed by atoms with E-state index in [0.717, 1.165) is 28.1 Å². The highest BCUT2D eigenvalue weighted by atomic mass is 31.1. The third-order valence-corrected chi connectivity index (χ3v) is 12.3. The van der Waals surface area contributed by atoms with Gasteiger partial charge in [-0.15, -0.1) is 17.2 Å². The Morgan fingerprint density at radius 2 is 1.10 bits per heavy atom. The molecular formula is C19H34P2. The van der Waals surface area contributed by atoms with Crippen LogP contribution in [0, 0.1) is 11.8 Å². The first kappa shape index (κ1) is 15.4. The maximum Gasteiger partial charge on any atom is 0.00830 e. The number of fused-ring (bicyclic) bond motifs is 6. The van der Waals surface area contributed by atoms with E-state index < -0.39 is 0 Å². The lowest BCUT2D eigenvalue weighted by atomic mass is 9.83. The molecule has 0 radical (unpaired) electrons. The molecule has 4 bridgehead atoms. The SMILES string of the molecule is C1CC2CCCC(C1)PC1(CC2)PC2CCCC1CCC2. The number of hydrogen-bond donors (Lipinski definition) is 0. The highest BCUT2D eigenvalue weighted by molar-refractivity contribution is 7.60. The molecule has 5 fully saturated rings. The molecule has 4 aliphatic heterocycles. The van der Waals surface area contributed by atoms with E-state index in [1.54, 1.807) is 89.9 Å². The summed E-state index contributed by atoms with van der Waals surface area (Å²) >= 11 is 0. The van der Waals surface area contributed by atoms with E-state index >= 15 is 0 Å². The van der Waals surface area contributed by atoms with Crippen LogP contribution in [0.5, 0.6) is 0 Å². The zero-order valence-corrected chi connectivity index (χ0v) is 15.7. The molecule has 3 unspecified atom stereocenters. The minimum Gasteiger partial charge on any atom is -0.108 e. The maximum atomic E-state index is 1.65. The Labute approximate surface area is 135 Å². The van der Waals surface area contributed by atoms with Gasteiger partial charge in [-0.2, -0.15) is 0 Å². The van der Waals surface area contributed by atoms with Gasteiger partial charge >= 0.3 is 0 Å². The first-order valence-electron chi connectivity index (χ1n) is 9.89. The summed E-state index contributed by atoms with van der Waals surface area (Å²) in [5.41, 5.74) is 2.28. The third-order valence-electron chi connectivity index (χ3n) is 7.11. The largest absolute Gasteiger partial charge is 0.108 e. The van der Waals surface area contributed by atoms with Crippen molar-refractivity contribution < 1.29 is 0 Å². The van der Waals surface area contributed by atoms with Crippen LogP contribution >= 0.6 is 17.2 Å². The van der Waals surface area contributed by atoms with E-state index in [9.17, 15) is 0 Å². The summed E-state index contributed by atoms with van der Waals surface area (Å²) in [6.45, 7) is 0. The van der Waals surface area contributed by atoms with Gasteiger partial charge < -0.3 is 0 Å². The molecular weight excluding hydrogens is 290 g/mol. The van der Waals surface area contributed by atoms with Gasteiger partial charge in [0.2, 0.25) is 0 Å². The minimum absolute atomic E-state index is 0.856. The molecule has 120 valence electrons. The molecule has 2 heteroatoms. The van der Waals surface area contributed by atoms with Crippen molar-refractivity contribution in [2.24, 2.45) is 11.8 Å². The van der Waals surface area contributed by atoms with E-state index in [0.29, 0.717) is 0 Å². The second-order valence-electron chi connectivity index (χ2n) is 8.48. The predicted molar refractivity (Wildman–Crippen MR) is 98.6 cm³/mol. The highest BCUT2D eigenvalue weighted by Crippen LogP contribution is 2.66. The lowest BCUT2D eigenvalue weighted by Gasteiger charge is -2.42. The van der Waals surface area contributed by atoms with Crippen LogP contribution < -0.4 is 0 Å². The van der Waals surface area contributed by atoms with Crippen molar-refractivity contribution in [3.63, 3.8) is 0 Å². The molecule has 0 aromatic heterocycles. The van der Waals surface area contributed by atoms with Gasteiger partial charge in [0.25, 0.3) is 0 Å². The highest BCUT2D eigenvalue weighted by Gasteiger charge is 2.45. The van der Waals surface area contributed by atoms with Crippen LogP contribution in [0.25, 0.3) is 0 Å². The summed E-state index contributed by atoms with van der Waals surface area (Å²) in [6, 6.07) is 0. The fourth-order valence-electron chi connectivity index (χ4n) is 5.96. The fourth-order valence-corrected chi connectivity index (χ4v) is 12.0. The van der Waals surface area contributed by atoms with Gasteiger partial charge in [-0.1, -0.05) is 38.5 Å². The number of rotatable bonds is 0. The maximum absolute atomic E-state index is 1.65. The first-order chi connectivity index (χ1) is 10.3. The molecule has 4 saturated heterocycles. The van der Waals surface area contributed by atoms with Crippen molar-refractivity contribution in [3.8, 4) is 0 Å². The van der Waals surface area contributed by atoms with Crippen molar-refractivity contribution in [1.29, 1.82) is 0 Å². The number of hydrogen-bond acceptors (Lipinski definition) is 0. The molecule has 1 spiro atoms. The van der Waals surface area contributed by atoms with E-state index in [4.69, 9.17) is 0 Å². The van der Waals surface area contributed by atoms with Crippen molar-refractivity contribution in [2.45, 2.75) is 106 Å². The molecule has 5 rings (SSSR count). The lowest BCUT2D eigenvalue weighted by Crippen LogP contribution is -2.30. The van der Waals surface area contributed by atoms with E-state index in [1.165, 1.54) is 17.2 Å². The smallest absolute Gasteiger partial charge is 0.00830 e. The molecule has 1 aliphatic carbocycles. The van der Waals surface area contributed by atoms with Crippen LogP contribution in [-0.2, 0) is 0 Å². The van der Waals surface area contributed by atoms with Crippen molar-refractivity contribution >= 4 is 17.2 Å². The summed E-state index contributed by atoms with van der Waals surface area (Å²) in [6.07, 6.45) is 22.3. The summed E-state index contributed by atoms with van der Waals surface area (Å²) < 4.78 is 0. The Hall–Kier alpha value is 0.860. The summed E-state index contributed by atoms with van der Waals surface area (Å²) in [5, 5.41) is 0.